The molecule has 1 heterocycles. The summed E-state index contributed by atoms with van der Waals surface area (Å²) in [5, 5.41) is 0. The number of rotatable bonds is 2. The van der Waals surface area contributed by atoms with Gasteiger partial charge in [0.05, 0.1) is 18.7 Å². The molecule has 0 radical (unpaired) electrons. The molecule has 5 heteroatoms. The summed E-state index contributed by atoms with van der Waals surface area (Å²) in [6, 6.07) is 1.55. The van der Waals surface area contributed by atoms with Crippen LogP contribution in [0.2, 0.25) is 0 Å². The van der Waals surface area contributed by atoms with Gasteiger partial charge >= 0.3 is 5.97 Å². The van der Waals surface area contributed by atoms with Crippen molar-refractivity contribution >= 4 is 21.9 Å². The molecule has 1 aromatic heterocycles. The molecular weight excluding hydrogens is 228 g/mol. The Hall–Kier alpha value is -0.970. The van der Waals surface area contributed by atoms with Gasteiger partial charge in [0.2, 0.25) is 5.76 Å². The maximum atomic E-state index is 11.0. The number of halogens is 1. The summed E-state index contributed by atoms with van der Waals surface area (Å²) in [5.41, 5.74) is 0. The lowest BCUT2D eigenvalue weighted by Crippen LogP contribution is -1.99. The minimum atomic E-state index is -0.537. The van der Waals surface area contributed by atoms with E-state index in [-0.39, 0.29) is 11.7 Å². The van der Waals surface area contributed by atoms with Crippen LogP contribution in [0.25, 0.3) is 0 Å². The zero-order valence-electron chi connectivity index (χ0n) is 6.59. The highest BCUT2D eigenvalue weighted by Gasteiger charge is 2.17. The van der Waals surface area contributed by atoms with Gasteiger partial charge in [-0.25, -0.2) is 4.79 Å². The molecule has 0 atom stereocenters. The van der Waals surface area contributed by atoms with Crippen LogP contribution in [0.4, 0.5) is 0 Å². The van der Waals surface area contributed by atoms with Crippen molar-refractivity contribution in [1.82, 2.24) is 0 Å². The molecule has 0 amide bonds. The molecule has 0 unspecified atom stereocenters. The van der Waals surface area contributed by atoms with Gasteiger partial charge in [-0.2, -0.15) is 0 Å². The molecule has 1 aromatic rings. The summed E-state index contributed by atoms with van der Waals surface area (Å²) >= 11 is 3.12. The molecule has 0 aliphatic carbocycles. The number of hydrogen-bond acceptors (Lipinski definition) is 4. The van der Waals surface area contributed by atoms with E-state index in [0.29, 0.717) is 4.47 Å². The molecular formula is C7H7BrO4. The lowest BCUT2D eigenvalue weighted by Gasteiger charge is -1.93. The Morgan fingerprint density at radius 1 is 1.58 bits per heavy atom. The fourth-order valence-corrected chi connectivity index (χ4v) is 1.11. The number of ether oxygens (including phenoxy) is 2. The molecule has 0 aliphatic rings. The van der Waals surface area contributed by atoms with Crippen LogP contribution in [0.5, 0.6) is 5.95 Å². The van der Waals surface area contributed by atoms with Crippen molar-refractivity contribution in [2.45, 2.75) is 0 Å². The maximum absolute atomic E-state index is 11.0. The van der Waals surface area contributed by atoms with Crippen molar-refractivity contribution in [3.05, 3.63) is 16.3 Å². The molecule has 4 nitrogen and oxygen atoms in total. The standard InChI is InChI=1S/C7H7BrO4/c1-10-5-3-4(8)6(12-5)7(9)11-2/h3H,1-2H3. The molecule has 0 bridgehead atoms. The van der Waals surface area contributed by atoms with Gasteiger partial charge in [-0.3, -0.25) is 0 Å². The number of hydrogen-bond donors (Lipinski definition) is 0. The first-order valence-electron chi connectivity index (χ1n) is 3.10. The highest BCUT2D eigenvalue weighted by molar-refractivity contribution is 9.10. The molecule has 1 rings (SSSR count). The van der Waals surface area contributed by atoms with Crippen LogP contribution in [-0.2, 0) is 4.74 Å². The Balaban J connectivity index is 2.99. The third-order valence-corrected chi connectivity index (χ3v) is 1.83. The predicted molar refractivity (Wildman–Crippen MR) is 44.3 cm³/mol. The van der Waals surface area contributed by atoms with E-state index in [1.54, 1.807) is 6.07 Å². The van der Waals surface area contributed by atoms with E-state index in [9.17, 15) is 4.79 Å². The summed E-state index contributed by atoms with van der Waals surface area (Å²) in [6.45, 7) is 0. The van der Waals surface area contributed by atoms with Crippen molar-refractivity contribution in [3.63, 3.8) is 0 Å². The van der Waals surface area contributed by atoms with Crippen molar-refractivity contribution < 1.29 is 18.7 Å². The SMILES string of the molecule is COC(=O)c1oc(OC)cc1Br. The first kappa shape index (κ1) is 9.12. The second kappa shape index (κ2) is 3.62. The minimum Gasteiger partial charge on any atom is -0.468 e. The quantitative estimate of drug-likeness (QED) is 0.733. The smallest absolute Gasteiger partial charge is 0.375 e. The molecule has 0 N–H and O–H groups in total. The topological polar surface area (TPSA) is 48.7 Å². The van der Waals surface area contributed by atoms with Gasteiger partial charge in [0.25, 0.3) is 5.95 Å². The Labute approximate surface area is 77.6 Å². The first-order chi connectivity index (χ1) is 5.69. The number of furan rings is 1. The number of carbonyl (C=O) groups is 1. The normalized spacial score (nSPS) is 9.58. The highest BCUT2D eigenvalue weighted by atomic mass is 79.9. The van der Waals surface area contributed by atoms with E-state index in [0.717, 1.165) is 0 Å². The highest BCUT2D eigenvalue weighted by Crippen LogP contribution is 2.26. The molecule has 66 valence electrons. The second-order valence-electron chi connectivity index (χ2n) is 1.94. The summed E-state index contributed by atoms with van der Waals surface area (Å²) < 4.78 is 14.7. The van der Waals surface area contributed by atoms with Gasteiger partial charge in [0.1, 0.15) is 0 Å². The fourth-order valence-electron chi connectivity index (χ4n) is 0.680. The van der Waals surface area contributed by atoms with Crippen LogP contribution in [0.1, 0.15) is 10.6 Å². The van der Waals surface area contributed by atoms with Gasteiger partial charge in [0, 0.05) is 6.07 Å². The van der Waals surface area contributed by atoms with Gasteiger partial charge in [-0.15, -0.1) is 0 Å². The average Bonchev–Trinajstić information content (AvgIpc) is 2.45. The van der Waals surface area contributed by atoms with Crippen molar-refractivity contribution in [2.75, 3.05) is 14.2 Å². The van der Waals surface area contributed by atoms with Gasteiger partial charge < -0.3 is 13.9 Å². The molecule has 0 saturated carbocycles. The Kier molecular flexibility index (Phi) is 2.75. The van der Waals surface area contributed by atoms with Crippen molar-refractivity contribution in [2.24, 2.45) is 0 Å². The predicted octanol–water partition coefficient (Wildman–Crippen LogP) is 1.84. The summed E-state index contributed by atoms with van der Waals surface area (Å²) in [7, 11) is 2.73. The molecule has 0 spiro atoms. The van der Waals surface area contributed by atoms with Crippen LogP contribution in [0.15, 0.2) is 15.0 Å². The van der Waals surface area contributed by atoms with E-state index in [4.69, 9.17) is 9.15 Å². The second-order valence-corrected chi connectivity index (χ2v) is 2.79. The molecule has 12 heavy (non-hydrogen) atoms. The van der Waals surface area contributed by atoms with Crippen molar-refractivity contribution in [3.8, 4) is 5.95 Å². The largest absolute Gasteiger partial charge is 0.468 e. The van der Waals surface area contributed by atoms with E-state index >= 15 is 0 Å². The fraction of sp³-hybridized carbons (Fsp3) is 0.286. The Morgan fingerprint density at radius 2 is 2.25 bits per heavy atom. The summed E-state index contributed by atoms with van der Waals surface area (Å²) in [4.78, 5) is 11.0. The van der Waals surface area contributed by atoms with Crippen LogP contribution < -0.4 is 4.74 Å². The van der Waals surface area contributed by atoms with Gasteiger partial charge in [-0.1, -0.05) is 0 Å². The third-order valence-electron chi connectivity index (χ3n) is 1.24. The van der Waals surface area contributed by atoms with Gasteiger partial charge in [0.15, 0.2) is 0 Å². The van der Waals surface area contributed by atoms with Crippen LogP contribution in [0, 0.1) is 0 Å². The minimum absolute atomic E-state index is 0.106. The first-order valence-corrected chi connectivity index (χ1v) is 3.90. The van der Waals surface area contributed by atoms with Gasteiger partial charge in [-0.05, 0) is 15.9 Å². The van der Waals surface area contributed by atoms with E-state index in [1.807, 2.05) is 0 Å². The molecule has 0 saturated heterocycles. The molecule has 0 aromatic carbocycles. The zero-order valence-corrected chi connectivity index (χ0v) is 8.17. The van der Waals surface area contributed by atoms with E-state index < -0.39 is 5.97 Å². The van der Waals surface area contributed by atoms with Crippen LogP contribution in [-0.4, -0.2) is 20.2 Å². The summed E-state index contributed by atoms with van der Waals surface area (Å²) in [5.74, 6) is -0.165. The van der Waals surface area contributed by atoms with Crippen molar-refractivity contribution in [1.29, 1.82) is 0 Å². The maximum Gasteiger partial charge on any atom is 0.375 e. The molecule has 0 aliphatic heterocycles. The lowest BCUT2D eigenvalue weighted by molar-refractivity contribution is 0.0557. The number of methoxy groups -OCH3 is 2. The van der Waals surface area contributed by atoms with E-state index in [1.165, 1.54) is 14.2 Å². The van der Waals surface area contributed by atoms with Crippen LogP contribution in [0.3, 0.4) is 0 Å². The monoisotopic (exact) mass is 234 g/mol. The lowest BCUT2D eigenvalue weighted by atomic mass is 10.5. The van der Waals surface area contributed by atoms with Crippen LogP contribution >= 0.6 is 15.9 Å². The number of esters is 1. The zero-order chi connectivity index (χ0) is 9.14. The average molecular weight is 235 g/mol. The van der Waals surface area contributed by atoms with E-state index in [2.05, 4.69) is 20.7 Å². The molecule has 0 fully saturated rings. The Bertz CT molecular complexity index is 292. The Morgan fingerprint density at radius 3 is 2.67 bits per heavy atom. The number of carbonyl (C=O) groups excluding carboxylic acids is 1. The third kappa shape index (κ3) is 1.61. The summed E-state index contributed by atoms with van der Waals surface area (Å²) in [6.07, 6.45) is 0.